The predicted molar refractivity (Wildman–Crippen MR) is 48.1 cm³/mol. The molecule has 0 radical (unpaired) electrons. The third-order valence-electron chi connectivity index (χ3n) is 2.00. The van der Waals surface area contributed by atoms with Crippen LogP contribution in [0.4, 0.5) is 20.2 Å². The standard InChI is InChI=1S/C9H8F2N2O/c10-5-3-7-8(4-6(5)11)13-9(14)1-2-12-7/h3-4,12H,1-2H2,(H,13,14). The van der Waals surface area contributed by atoms with Gasteiger partial charge in [-0.25, -0.2) is 8.78 Å². The molecule has 0 saturated heterocycles. The number of fused-ring (bicyclic) bond motifs is 1. The molecule has 3 nitrogen and oxygen atoms in total. The van der Waals surface area contributed by atoms with Crippen molar-refractivity contribution >= 4 is 17.3 Å². The smallest absolute Gasteiger partial charge is 0.226 e. The van der Waals surface area contributed by atoms with Crippen molar-refractivity contribution in [1.82, 2.24) is 0 Å². The minimum absolute atomic E-state index is 0.206. The number of benzene rings is 1. The van der Waals surface area contributed by atoms with E-state index in [-0.39, 0.29) is 18.0 Å². The molecule has 0 aliphatic carbocycles. The lowest BCUT2D eigenvalue weighted by Gasteiger charge is -2.07. The Labute approximate surface area is 79.1 Å². The molecule has 1 heterocycles. The first-order valence-corrected chi connectivity index (χ1v) is 4.19. The van der Waals surface area contributed by atoms with E-state index >= 15 is 0 Å². The molecule has 1 aliphatic rings. The second kappa shape index (κ2) is 3.25. The Hall–Kier alpha value is -1.65. The van der Waals surface area contributed by atoms with Gasteiger partial charge in [0.2, 0.25) is 5.91 Å². The summed E-state index contributed by atoms with van der Waals surface area (Å²) in [4.78, 5) is 11.1. The van der Waals surface area contributed by atoms with Crippen LogP contribution in [-0.2, 0) is 4.79 Å². The first-order valence-electron chi connectivity index (χ1n) is 4.19. The molecule has 5 heteroatoms. The Morgan fingerprint density at radius 2 is 1.79 bits per heavy atom. The molecule has 14 heavy (non-hydrogen) atoms. The fourth-order valence-electron chi connectivity index (χ4n) is 1.32. The lowest BCUT2D eigenvalue weighted by molar-refractivity contribution is -0.115. The second-order valence-corrected chi connectivity index (χ2v) is 3.04. The fraction of sp³-hybridized carbons (Fsp3) is 0.222. The van der Waals surface area contributed by atoms with Gasteiger partial charge in [0.05, 0.1) is 11.4 Å². The lowest BCUT2D eigenvalue weighted by Crippen LogP contribution is -2.10. The highest BCUT2D eigenvalue weighted by Crippen LogP contribution is 2.26. The summed E-state index contributed by atoms with van der Waals surface area (Å²) in [5, 5.41) is 5.32. The van der Waals surface area contributed by atoms with Crippen molar-refractivity contribution in [3.05, 3.63) is 23.8 Å². The van der Waals surface area contributed by atoms with E-state index in [4.69, 9.17) is 0 Å². The summed E-state index contributed by atoms with van der Waals surface area (Å²) in [6, 6.07) is 2.01. The molecule has 1 amide bonds. The Morgan fingerprint density at radius 3 is 2.50 bits per heavy atom. The quantitative estimate of drug-likeness (QED) is 0.666. The maximum absolute atomic E-state index is 12.8. The van der Waals surface area contributed by atoms with Gasteiger partial charge in [0, 0.05) is 25.1 Å². The number of carbonyl (C=O) groups excluding carboxylic acids is 1. The average Bonchev–Trinajstić information content (AvgIpc) is 2.28. The molecule has 0 spiro atoms. The molecule has 1 aromatic rings. The predicted octanol–water partition coefficient (Wildman–Crippen LogP) is 1.72. The summed E-state index contributed by atoms with van der Waals surface area (Å²) in [6.07, 6.45) is 0.290. The van der Waals surface area contributed by atoms with Gasteiger partial charge in [0.1, 0.15) is 0 Å². The number of carbonyl (C=O) groups is 1. The van der Waals surface area contributed by atoms with Gasteiger partial charge in [0.15, 0.2) is 11.6 Å². The molecule has 0 bridgehead atoms. The van der Waals surface area contributed by atoms with E-state index in [0.29, 0.717) is 12.2 Å². The van der Waals surface area contributed by atoms with Crippen LogP contribution in [0, 0.1) is 11.6 Å². The minimum atomic E-state index is -0.965. The van der Waals surface area contributed by atoms with Crippen molar-refractivity contribution in [1.29, 1.82) is 0 Å². The van der Waals surface area contributed by atoms with E-state index in [2.05, 4.69) is 10.6 Å². The Bertz CT molecular complexity index is 393. The normalized spacial score (nSPS) is 15.1. The van der Waals surface area contributed by atoms with Gasteiger partial charge < -0.3 is 10.6 Å². The largest absolute Gasteiger partial charge is 0.383 e. The summed E-state index contributed by atoms with van der Waals surface area (Å²) in [6.45, 7) is 0.421. The van der Waals surface area contributed by atoms with Gasteiger partial charge in [-0.05, 0) is 0 Å². The van der Waals surface area contributed by atoms with Crippen molar-refractivity contribution in [2.24, 2.45) is 0 Å². The number of rotatable bonds is 0. The first-order chi connectivity index (χ1) is 6.66. The average molecular weight is 198 g/mol. The summed E-state index contributed by atoms with van der Waals surface area (Å²) >= 11 is 0. The maximum atomic E-state index is 12.8. The highest BCUT2D eigenvalue weighted by atomic mass is 19.2. The zero-order valence-electron chi connectivity index (χ0n) is 7.23. The van der Waals surface area contributed by atoms with Crippen LogP contribution in [0.3, 0.4) is 0 Å². The van der Waals surface area contributed by atoms with Gasteiger partial charge in [-0.15, -0.1) is 0 Å². The molecule has 1 aromatic carbocycles. The van der Waals surface area contributed by atoms with Crippen molar-refractivity contribution < 1.29 is 13.6 Å². The monoisotopic (exact) mass is 198 g/mol. The van der Waals surface area contributed by atoms with Gasteiger partial charge in [-0.1, -0.05) is 0 Å². The molecule has 0 atom stereocenters. The van der Waals surface area contributed by atoms with Crippen molar-refractivity contribution in [2.45, 2.75) is 6.42 Å². The number of hydrogen-bond acceptors (Lipinski definition) is 2. The van der Waals surface area contributed by atoms with Crippen LogP contribution < -0.4 is 10.6 Å². The molecular weight excluding hydrogens is 190 g/mol. The maximum Gasteiger partial charge on any atom is 0.226 e. The van der Waals surface area contributed by atoms with Crippen LogP contribution in [0.5, 0.6) is 0 Å². The van der Waals surface area contributed by atoms with Gasteiger partial charge >= 0.3 is 0 Å². The Balaban J connectivity index is 2.46. The SMILES string of the molecule is O=C1CCNc2cc(F)c(F)cc2N1. The summed E-state index contributed by atoms with van der Waals surface area (Å²) < 4.78 is 25.6. The third-order valence-corrected chi connectivity index (χ3v) is 2.00. The van der Waals surface area contributed by atoms with Gasteiger partial charge in [-0.2, -0.15) is 0 Å². The zero-order chi connectivity index (χ0) is 10.1. The molecule has 0 fully saturated rings. The lowest BCUT2D eigenvalue weighted by atomic mass is 10.2. The topological polar surface area (TPSA) is 41.1 Å². The minimum Gasteiger partial charge on any atom is -0.383 e. The number of nitrogens with one attached hydrogen (secondary N) is 2. The van der Waals surface area contributed by atoms with Crippen LogP contribution in [-0.4, -0.2) is 12.5 Å². The molecule has 0 saturated carbocycles. The fourth-order valence-corrected chi connectivity index (χ4v) is 1.32. The van der Waals surface area contributed by atoms with Crippen LogP contribution in [0.1, 0.15) is 6.42 Å². The van der Waals surface area contributed by atoms with Crippen LogP contribution in [0.15, 0.2) is 12.1 Å². The second-order valence-electron chi connectivity index (χ2n) is 3.04. The summed E-state index contributed by atoms with van der Waals surface area (Å²) in [5.74, 6) is -2.09. The molecule has 0 aromatic heterocycles. The molecule has 2 rings (SSSR count). The van der Waals surface area contributed by atoms with Crippen LogP contribution in [0.25, 0.3) is 0 Å². The van der Waals surface area contributed by atoms with E-state index in [0.717, 1.165) is 12.1 Å². The Kier molecular flexibility index (Phi) is 2.07. The molecule has 2 N–H and O–H groups in total. The molecule has 74 valence electrons. The highest BCUT2D eigenvalue weighted by Gasteiger charge is 2.15. The molecule has 1 aliphatic heterocycles. The van der Waals surface area contributed by atoms with Gasteiger partial charge in [-0.3, -0.25) is 4.79 Å². The van der Waals surface area contributed by atoms with Crippen LogP contribution in [0.2, 0.25) is 0 Å². The summed E-state index contributed by atoms with van der Waals surface area (Å²) in [5.41, 5.74) is 0.696. The van der Waals surface area contributed by atoms with E-state index in [1.54, 1.807) is 0 Å². The molecular formula is C9H8F2N2O. The van der Waals surface area contributed by atoms with E-state index in [1.807, 2.05) is 0 Å². The van der Waals surface area contributed by atoms with Crippen molar-refractivity contribution in [2.75, 3.05) is 17.2 Å². The number of halogens is 2. The third kappa shape index (κ3) is 1.53. The summed E-state index contributed by atoms with van der Waals surface area (Å²) in [7, 11) is 0. The Morgan fingerprint density at radius 1 is 1.14 bits per heavy atom. The highest BCUT2D eigenvalue weighted by molar-refractivity contribution is 5.95. The van der Waals surface area contributed by atoms with Crippen LogP contribution >= 0.6 is 0 Å². The van der Waals surface area contributed by atoms with Gasteiger partial charge in [0.25, 0.3) is 0 Å². The van der Waals surface area contributed by atoms with E-state index in [9.17, 15) is 13.6 Å². The number of hydrogen-bond donors (Lipinski definition) is 2. The first kappa shape index (κ1) is 8.93. The van der Waals surface area contributed by atoms with E-state index < -0.39 is 11.6 Å². The number of amides is 1. The van der Waals surface area contributed by atoms with E-state index in [1.165, 1.54) is 0 Å². The zero-order valence-corrected chi connectivity index (χ0v) is 7.23. The number of anilines is 2. The molecule has 0 unspecified atom stereocenters. The van der Waals surface area contributed by atoms with Crippen molar-refractivity contribution in [3.8, 4) is 0 Å². The van der Waals surface area contributed by atoms with Crippen molar-refractivity contribution in [3.63, 3.8) is 0 Å².